The maximum atomic E-state index is 13.9. The van der Waals surface area contributed by atoms with Crippen LogP contribution in [0, 0.1) is 5.82 Å². The molecule has 0 fully saturated rings. The van der Waals surface area contributed by atoms with Crippen molar-refractivity contribution in [3.63, 3.8) is 0 Å². The second-order valence-electron chi connectivity index (χ2n) is 4.87. The van der Waals surface area contributed by atoms with Crippen LogP contribution in [-0.4, -0.2) is 20.2 Å². The zero-order valence-electron chi connectivity index (χ0n) is 12.0. The lowest BCUT2D eigenvalue weighted by Gasteiger charge is -2.18. The zero-order valence-corrected chi connectivity index (χ0v) is 13.6. The first kappa shape index (κ1) is 16.0. The monoisotopic (exact) mass is 351 g/mol. The van der Waals surface area contributed by atoms with Crippen molar-refractivity contribution < 1.29 is 9.13 Å². The van der Waals surface area contributed by atoms with E-state index in [9.17, 15) is 4.39 Å². The molecular weight excluding hydrogens is 333 g/mol. The molecule has 2 aromatic carbocycles. The van der Waals surface area contributed by atoms with Crippen molar-refractivity contribution >= 4 is 15.9 Å². The minimum Gasteiger partial charge on any atom is -0.494 e. The Hall–Kier alpha value is -1.39. The third kappa shape index (κ3) is 4.83. The summed E-state index contributed by atoms with van der Waals surface area (Å²) in [5.74, 6) is 0.768. The van der Waals surface area contributed by atoms with Crippen LogP contribution in [0.4, 0.5) is 4.39 Å². The van der Waals surface area contributed by atoms with E-state index < -0.39 is 0 Å². The summed E-state index contributed by atoms with van der Waals surface area (Å²) in [6.07, 6.45) is 0.758. The fourth-order valence-corrected chi connectivity index (χ4v) is 2.67. The predicted molar refractivity (Wildman–Crippen MR) is 87.3 cm³/mol. The van der Waals surface area contributed by atoms with E-state index in [4.69, 9.17) is 4.74 Å². The highest BCUT2D eigenvalue weighted by atomic mass is 79.9. The van der Waals surface area contributed by atoms with E-state index in [-0.39, 0.29) is 11.7 Å². The molecule has 0 aliphatic carbocycles. The topological polar surface area (TPSA) is 21.3 Å². The molecule has 2 rings (SSSR count). The number of rotatable bonds is 7. The maximum Gasteiger partial charge on any atom is 0.126 e. The van der Waals surface area contributed by atoms with E-state index in [1.807, 2.05) is 43.4 Å². The van der Waals surface area contributed by atoms with Gasteiger partial charge in [0.2, 0.25) is 0 Å². The van der Waals surface area contributed by atoms with Crippen molar-refractivity contribution in [1.82, 2.24) is 5.32 Å². The standard InChI is InChI=1S/C17H19BrFNO/c1-20-12-13(16-7-2-3-8-17(16)19)9-10-21-15-6-4-5-14(18)11-15/h2-8,11,13,20H,9-10,12H2,1H3. The van der Waals surface area contributed by atoms with Crippen molar-refractivity contribution in [2.45, 2.75) is 12.3 Å². The summed E-state index contributed by atoms with van der Waals surface area (Å²) < 4.78 is 20.6. The maximum absolute atomic E-state index is 13.9. The summed E-state index contributed by atoms with van der Waals surface area (Å²) in [6, 6.07) is 14.7. The van der Waals surface area contributed by atoms with Gasteiger partial charge in [0.1, 0.15) is 11.6 Å². The average molecular weight is 352 g/mol. The van der Waals surface area contributed by atoms with Crippen LogP contribution in [0.25, 0.3) is 0 Å². The Bertz CT molecular complexity index is 576. The van der Waals surface area contributed by atoms with Gasteiger partial charge in [0.05, 0.1) is 6.61 Å². The summed E-state index contributed by atoms with van der Waals surface area (Å²) in [4.78, 5) is 0. The van der Waals surface area contributed by atoms with Crippen LogP contribution >= 0.6 is 15.9 Å². The molecule has 0 aliphatic rings. The van der Waals surface area contributed by atoms with E-state index >= 15 is 0 Å². The lowest BCUT2D eigenvalue weighted by Crippen LogP contribution is -2.20. The second kappa shape index (κ2) is 8.15. The summed E-state index contributed by atoms with van der Waals surface area (Å²) in [5.41, 5.74) is 0.740. The normalized spacial score (nSPS) is 12.1. The van der Waals surface area contributed by atoms with Crippen LogP contribution in [0.2, 0.25) is 0 Å². The lowest BCUT2D eigenvalue weighted by atomic mass is 9.95. The van der Waals surface area contributed by atoms with Gasteiger partial charge in [-0.05, 0) is 43.3 Å². The van der Waals surface area contributed by atoms with Gasteiger partial charge >= 0.3 is 0 Å². The summed E-state index contributed by atoms with van der Waals surface area (Å²) >= 11 is 3.41. The van der Waals surface area contributed by atoms with Gasteiger partial charge in [0, 0.05) is 16.9 Å². The molecule has 0 aromatic heterocycles. The first-order chi connectivity index (χ1) is 10.2. The molecule has 112 valence electrons. The third-order valence-corrected chi connectivity index (χ3v) is 3.82. The fourth-order valence-electron chi connectivity index (χ4n) is 2.30. The molecule has 1 atom stereocenters. The van der Waals surface area contributed by atoms with E-state index in [0.29, 0.717) is 6.61 Å². The van der Waals surface area contributed by atoms with Gasteiger partial charge in [-0.3, -0.25) is 0 Å². The van der Waals surface area contributed by atoms with Gasteiger partial charge in [0.25, 0.3) is 0 Å². The molecule has 21 heavy (non-hydrogen) atoms. The van der Waals surface area contributed by atoms with Gasteiger partial charge in [0.15, 0.2) is 0 Å². The molecular formula is C17H19BrFNO. The highest BCUT2D eigenvalue weighted by molar-refractivity contribution is 9.10. The molecule has 0 bridgehead atoms. The number of hydrogen-bond donors (Lipinski definition) is 1. The van der Waals surface area contributed by atoms with Gasteiger partial charge in [-0.1, -0.05) is 40.2 Å². The van der Waals surface area contributed by atoms with Crippen LogP contribution in [0.3, 0.4) is 0 Å². The Morgan fingerprint density at radius 1 is 1.19 bits per heavy atom. The fraction of sp³-hybridized carbons (Fsp3) is 0.294. The number of nitrogens with one attached hydrogen (secondary N) is 1. The Balaban J connectivity index is 1.96. The van der Waals surface area contributed by atoms with Crippen LogP contribution in [0.5, 0.6) is 5.75 Å². The number of halogens is 2. The van der Waals surface area contributed by atoms with Crippen molar-refractivity contribution in [2.75, 3.05) is 20.2 Å². The number of hydrogen-bond acceptors (Lipinski definition) is 2. The molecule has 1 unspecified atom stereocenters. The first-order valence-electron chi connectivity index (χ1n) is 6.98. The van der Waals surface area contributed by atoms with Crippen molar-refractivity contribution in [3.8, 4) is 5.75 Å². The van der Waals surface area contributed by atoms with Gasteiger partial charge < -0.3 is 10.1 Å². The molecule has 0 saturated carbocycles. The molecule has 0 heterocycles. The predicted octanol–water partition coefficient (Wildman–Crippen LogP) is 4.36. The summed E-state index contributed by atoms with van der Waals surface area (Å²) in [7, 11) is 1.88. The van der Waals surface area contributed by atoms with Gasteiger partial charge in [-0.2, -0.15) is 0 Å². The summed E-state index contributed by atoms with van der Waals surface area (Å²) in [6.45, 7) is 1.28. The number of benzene rings is 2. The van der Waals surface area contributed by atoms with E-state index in [0.717, 1.165) is 28.8 Å². The van der Waals surface area contributed by atoms with Crippen LogP contribution in [0.1, 0.15) is 17.9 Å². The van der Waals surface area contributed by atoms with Crippen molar-refractivity contribution in [2.24, 2.45) is 0 Å². The second-order valence-corrected chi connectivity index (χ2v) is 5.79. The van der Waals surface area contributed by atoms with E-state index in [1.165, 1.54) is 6.07 Å². The quantitative estimate of drug-likeness (QED) is 0.800. The van der Waals surface area contributed by atoms with Crippen LogP contribution in [0.15, 0.2) is 53.0 Å². The van der Waals surface area contributed by atoms with E-state index in [1.54, 1.807) is 6.07 Å². The SMILES string of the molecule is CNCC(CCOc1cccc(Br)c1)c1ccccc1F. The Labute approximate surface area is 133 Å². The zero-order chi connectivity index (χ0) is 15.1. The number of ether oxygens (including phenoxy) is 1. The Morgan fingerprint density at radius 2 is 2.00 bits per heavy atom. The van der Waals surface area contributed by atoms with Gasteiger partial charge in [-0.15, -0.1) is 0 Å². The first-order valence-corrected chi connectivity index (χ1v) is 7.77. The summed E-state index contributed by atoms with van der Waals surface area (Å²) in [5, 5.41) is 3.12. The molecule has 2 nitrogen and oxygen atoms in total. The Morgan fingerprint density at radius 3 is 2.71 bits per heavy atom. The van der Waals surface area contributed by atoms with Crippen LogP contribution in [-0.2, 0) is 0 Å². The molecule has 0 radical (unpaired) electrons. The highest BCUT2D eigenvalue weighted by Gasteiger charge is 2.14. The molecule has 4 heteroatoms. The minimum atomic E-state index is -0.153. The highest BCUT2D eigenvalue weighted by Crippen LogP contribution is 2.23. The molecule has 0 saturated heterocycles. The largest absolute Gasteiger partial charge is 0.494 e. The van der Waals surface area contributed by atoms with Crippen molar-refractivity contribution in [1.29, 1.82) is 0 Å². The molecule has 1 N–H and O–H groups in total. The number of likely N-dealkylation sites (N-methyl/N-ethyl adjacent to an activating group) is 1. The minimum absolute atomic E-state index is 0.100. The van der Waals surface area contributed by atoms with Gasteiger partial charge in [-0.25, -0.2) is 4.39 Å². The third-order valence-electron chi connectivity index (χ3n) is 3.33. The average Bonchev–Trinajstić information content (AvgIpc) is 2.47. The lowest BCUT2D eigenvalue weighted by molar-refractivity contribution is 0.294. The Kier molecular flexibility index (Phi) is 6.21. The van der Waals surface area contributed by atoms with E-state index in [2.05, 4.69) is 21.2 Å². The molecule has 0 aliphatic heterocycles. The molecule has 0 spiro atoms. The smallest absolute Gasteiger partial charge is 0.126 e. The van der Waals surface area contributed by atoms with Crippen LogP contribution < -0.4 is 10.1 Å². The molecule has 2 aromatic rings. The van der Waals surface area contributed by atoms with Crippen molar-refractivity contribution in [3.05, 3.63) is 64.4 Å². The molecule has 0 amide bonds.